The first-order valence-corrected chi connectivity index (χ1v) is 8.38. The molecule has 25 heavy (non-hydrogen) atoms. The lowest BCUT2D eigenvalue weighted by molar-refractivity contribution is -0.389. The summed E-state index contributed by atoms with van der Waals surface area (Å²) in [6.07, 6.45) is 6.03. The van der Waals surface area contributed by atoms with Crippen molar-refractivity contribution in [3.8, 4) is 5.13 Å². The maximum Gasteiger partial charge on any atom is 0.403 e. The molecular weight excluding hydrogens is 352 g/mol. The van der Waals surface area contributed by atoms with Crippen LogP contribution in [0.5, 0.6) is 0 Å². The number of nitrogens with zero attached hydrogens (tertiary/aromatic N) is 5. The van der Waals surface area contributed by atoms with Crippen LogP contribution in [-0.2, 0) is 0 Å². The van der Waals surface area contributed by atoms with Crippen LogP contribution in [0.1, 0.15) is 43.0 Å². The van der Waals surface area contributed by atoms with E-state index in [4.69, 9.17) is 0 Å². The number of hydrogen-bond donors (Lipinski definition) is 1. The smallest absolute Gasteiger partial charge is 0.358 e. The lowest BCUT2D eigenvalue weighted by Crippen LogP contribution is -2.24. The fourth-order valence-corrected chi connectivity index (χ4v) is 2.71. The average molecular weight is 368 g/mol. The molecule has 0 fully saturated rings. The average Bonchev–Trinajstić information content (AvgIpc) is 3.21. The second-order valence-corrected chi connectivity index (χ2v) is 6.11. The molecule has 0 aliphatic carbocycles. The van der Waals surface area contributed by atoms with Gasteiger partial charge in [-0.1, -0.05) is 26.2 Å². The Labute approximate surface area is 146 Å². The van der Waals surface area contributed by atoms with E-state index in [1.165, 1.54) is 0 Å². The van der Waals surface area contributed by atoms with Crippen molar-refractivity contribution in [3.05, 3.63) is 38.2 Å². The number of carbonyl (C=O) groups is 1. The van der Waals surface area contributed by atoms with Crippen LogP contribution in [0.2, 0.25) is 0 Å². The van der Waals surface area contributed by atoms with Crippen LogP contribution < -0.4 is 5.32 Å². The zero-order chi connectivity index (χ0) is 18.4. The number of unbranched alkanes of at least 4 members (excludes halogenated alkanes) is 3. The van der Waals surface area contributed by atoms with Gasteiger partial charge in [0.25, 0.3) is 5.91 Å². The zero-order valence-electron chi connectivity index (χ0n) is 13.4. The second kappa shape index (κ2) is 8.28. The molecule has 0 radical (unpaired) electrons. The number of thiazole rings is 1. The van der Waals surface area contributed by atoms with Crippen LogP contribution in [0.3, 0.4) is 0 Å². The molecule has 12 heteroatoms. The molecule has 0 saturated heterocycles. The first kappa shape index (κ1) is 18.4. The third-order valence-corrected chi connectivity index (χ3v) is 4.22. The lowest BCUT2D eigenvalue weighted by atomic mass is 10.2. The van der Waals surface area contributed by atoms with Gasteiger partial charge in [-0.2, -0.15) is 0 Å². The number of hydrogen-bond acceptors (Lipinski definition) is 8. The van der Waals surface area contributed by atoms with E-state index in [9.17, 15) is 25.0 Å². The normalized spacial score (nSPS) is 10.6. The predicted octanol–water partition coefficient (Wildman–Crippen LogP) is 2.46. The van der Waals surface area contributed by atoms with Crippen LogP contribution in [0.15, 0.2) is 12.4 Å². The third kappa shape index (κ3) is 4.56. The summed E-state index contributed by atoms with van der Waals surface area (Å²) in [6, 6.07) is 0. The van der Waals surface area contributed by atoms with E-state index in [-0.39, 0.29) is 15.7 Å². The molecule has 2 heterocycles. The summed E-state index contributed by atoms with van der Waals surface area (Å²) >= 11 is 0.702. The van der Waals surface area contributed by atoms with Crippen molar-refractivity contribution in [1.82, 2.24) is 20.1 Å². The fraction of sp³-hybridized carbons (Fsp3) is 0.462. The van der Waals surface area contributed by atoms with Crippen molar-refractivity contribution in [1.29, 1.82) is 0 Å². The minimum Gasteiger partial charge on any atom is -0.358 e. The fourth-order valence-electron chi connectivity index (χ4n) is 2.05. The molecule has 0 aromatic carbocycles. The number of nitrogens with one attached hydrogen (secondary N) is 1. The van der Waals surface area contributed by atoms with Crippen molar-refractivity contribution in [2.24, 2.45) is 0 Å². The molecule has 0 unspecified atom stereocenters. The van der Waals surface area contributed by atoms with Gasteiger partial charge in [-0.15, -0.1) is 4.68 Å². The standard InChI is InChI=1S/C13H16N6O5S/c1-2-3-4-5-6-14-12(20)9-8-17(16-11(9)19(23)24)13-15-7-10(25-13)18(21)22/h7-8H,2-6H2,1H3,(H,14,20). The van der Waals surface area contributed by atoms with Crippen LogP contribution in [-0.4, -0.2) is 37.1 Å². The van der Waals surface area contributed by atoms with Gasteiger partial charge in [0.1, 0.15) is 6.20 Å². The molecule has 2 aromatic rings. The Kier molecular flexibility index (Phi) is 6.11. The molecule has 134 valence electrons. The van der Waals surface area contributed by atoms with Gasteiger partial charge in [-0.25, -0.2) is 4.98 Å². The molecule has 2 rings (SSSR count). The third-order valence-electron chi connectivity index (χ3n) is 3.29. The summed E-state index contributed by atoms with van der Waals surface area (Å²) in [7, 11) is 0. The van der Waals surface area contributed by atoms with E-state index >= 15 is 0 Å². The molecule has 2 aromatic heterocycles. The Bertz CT molecular complexity index is 786. The quantitative estimate of drug-likeness (QED) is 0.406. The van der Waals surface area contributed by atoms with Crippen LogP contribution in [0, 0.1) is 20.2 Å². The Balaban J connectivity index is 2.16. The Morgan fingerprint density at radius 3 is 2.64 bits per heavy atom. The maximum atomic E-state index is 12.2. The molecular formula is C13H16N6O5S. The van der Waals surface area contributed by atoms with E-state index in [1.807, 2.05) is 0 Å². The van der Waals surface area contributed by atoms with Gasteiger partial charge in [0, 0.05) is 6.54 Å². The van der Waals surface area contributed by atoms with Gasteiger partial charge < -0.3 is 15.4 Å². The number of rotatable bonds is 9. The summed E-state index contributed by atoms with van der Waals surface area (Å²) < 4.78 is 1.00. The summed E-state index contributed by atoms with van der Waals surface area (Å²) in [5.41, 5.74) is -0.210. The van der Waals surface area contributed by atoms with E-state index in [1.54, 1.807) is 0 Å². The number of amides is 1. The molecule has 11 nitrogen and oxygen atoms in total. The molecule has 0 saturated carbocycles. The van der Waals surface area contributed by atoms with Gasteiger partial charge in [-0.05, 0) is 22.7 Å². The topological polar surface area (TPSA) is 146 Å². The van der Waals surface area contributed by atoms with Gasteiger partial charge in [-0.3, -0.25) is 14.9 Å². The Morgan fingerprint density at radius 1 is 1.28 bits per heavy atom. The molecule has 0 bridgehead atoms. The van der Waals surface area contributed by atoms with Gasteiger partial charge >= 0.3 is 10.8 Å². The first-order chi connectivity index (χ1) is 11.9. The minimum atomic E-state index is -0.773. The van der Waals surface area contributed by atoms with E-state index < -0.39 is 21.6 Å². The minimum absolute atomic E-state index is 0.0665. The summed E-state index contributed by atoms with van der Waals surface area (Å²) in [5.74, 6) is -1.23. The highest BCUT2D eigenvalue weighted by Gasteiger charge is 2.28. The molecule has 0 atom stereocenters. The van der Waals surface area contributed by atoms with Crippen molar-refractivity contribution in [2.75, 3.05) is 6.54 Å². The second-order valence-electron chi connectivity index (χ2n) is 5.12. The van der Waals surface area contributed by atoms with E-state index in [0.29, 0.717) is 17.9 Å². The Morgan fingerprint density at radius 2 is 2.04 bits per heavy atom. The molecule has 0 aliphatic rings. The van der Waals surface area contributed by atoms with Crippen LogP contribution >= 0.6 is 11.3 Å². The largest absolute Gasteiger partial charge is 0.403 e. The maximum absolute atomic E-state index is 12.2. The van der Waals surface area contributed by atoms with Crippen molar-refractivity contribution >= 4 is 28.1 Å². The summed E-state index contributed by atoms with van der Waals surface area (Å²) in [6.45, 7) is 2.48. The highest BCUT2D eigenvalue weighted by Crippen LogP contribution is 2.26. The van der Waals surface area contributed by atoms with Crippen molar-refractivity contribution in [2.45, 2.75) is 32.6 Å². The van der Waals surface area contributed by atoms with Crippen molar-refractivity contribution in [3.63, 3.8) is 0 Å². The number of aromatic nitrogens is 3. The van der Waals surface area contributed by atoms with Gasteiger partial charge in [0.2, 0.25) is 5.13 Å². The Hall–Kier alpha value is -2.89. The zero-order valence-corrected chi connectivity index (χ0v) is 14.2. The SMILES string of the molecule is CCCCCCNC(=O)c1cn(-c2ncc([N+](=O)[O-])s2)nc1[N+](=O)[O-]. The highest BCUT2D eigenvalue weighted by atomic mass is 32.1. The van der Waals surface area contributed by atoms with Gasteiger partial charge in [0.05, 0.1) is 16.2 Å². The molecule has 0 aliphatic heterocycles. The molecule has 0 spiro atoms. The first-order valence-electron chi connectivity index (χ1n) is 7.57. The number of carbonyl (C=O) groups excluding carboxylic acids is 1. The molecule has 1 N–H and O–H groups in total. The van der Waals surface area contributed by atoms with E-state index in [2.05, 4.69) is 22.3 Å². The molecule has 1 amide bonds. The summed E-state index contributed by atoms with van der Waals surface area (Å²) in [4.78, 5) is 36.4. The van der Waals surface area contributed by atoms with Crippen LogP contribution in [0.4, 0.5) is 10.8 Å². The van der Waals surface area contributed by atoms with Crippen molar-refractivity contribution < 1.29 is 14.6 Å². The van der Waals surface area contributed by atoms with E-state index in [0.717, 1.165) is 42.8 Å². The number of nitro groups is 2. The highest BCUT2D eigenvalue weighted by molar-refractivity contribution is 7.17. The monoisotopic (exact) mass is 368 g/mol. The predicted molar refractivity (Wildman–Crippen MR) is 89.0 cm³/mol. The summed E-state index contributed by atoms with van der Waals surface area (Å²) in [5, 5.41) is 28.0. The van der Waals surface area contributed by atoms with Crippen LogP contribution in [0.25, 0.3) is 5.13 Å². The van der Waals surface area contributed by atoms with Gasteiger partial charge in [0.15, 0.2) is 5.56 Å². The lowest BCUT2D eigenvalue weighted by Gasteiger charge is -2.02.